The van der Waals surface area contributed by atoms with Crippen LogP contribution in [0.5, 0.6) is 0 Å². The number of carbonyl (C=O) groups excluding carboxylic acids is 1. The highest BCUT2D eigenvalue weighted by atomic mass is 16.4. The van der Waals surface area contributed by atoms with Gasteiger partial charge in [0.1, 0.15) is 6.54 Å². The van der Waals surface area contributed by atoms with Crippen LogP contribution in [-0.2, 0) is 16.1 Å². The van der Waals surface area contributed by atoms with E-state index >= 15 is 0 Å². The highest BCUT2D eigenvalue weighted by Gasteiger charge is 2.59. The summed E-state index contributed by atoms with van der Waals surface area (Å²) in [5, 5.41) is 21.3. The van der Waals surface area contributed by atoms with Gasteiger partial charge in [0.25, 0.3) is 0 Å². The number of carbonyl (C=O) groups is 2. The van der Waals surface area contributed by atoms with Gasteiger partial charge in [-0.25, -0.2) is 0 Å². The van der Waals surface area contributed by atoms with Gasteiger partial charge in [-0.15, -0.1) is 10.2 Å². The van der Waals surface area contributed by atoms with Gasteiger partial charge in [0.15, 0.2) is 0 Å². The summed E-state index contributed by atoms with van der Waals surface area (Å²) in [6, 6.07) is 9.49. The fourth-order valence-electron chi connectivity index (χ4n) is 3.68. The number of nitrogens with zero attached hydrogens (tertiary/aromatic N) is 5. The molecule has 25 heavy (non-hydrogen) atoms. The first kappa shape index (κ1) is 15.7. The molecule has 1 N–H and O–H groups in total. The molecule has 8 heteroatoms. The minimum atomic E-state index is -0.708. The lowest BCUT2D eigenvalue weighted by Crippen LogP contribution is -2.41. The molecule has 0 radical (unpaired) electrons. The normalized spacial score (nSPS) is 21.3. The first-order valence-corrected chi connectivity index (χ1v) is 8.41. The standard InChI is InChI=1S/C17H19N5O3/c23-14(21-8-6-17(7-9-21)10-13(17)16(24)25)11-22-19-15(18-20-22)12-4-2-1-3-5-12/h1-5,13H,6-11H2,(H,24,25). The summed E-state index contributed by atoms with van der Waals surface area (Å²) in [5.41, 5.74) is 0.781. The zero-order valence-corrected chi connectivity index (χ0v) is 13.7. The second-order valence-electron chi connectivity index (χ2n) is 6.85. The second kappa shape index (κ2) is 5.94. The van der Waals surface area contributed by atoms with Gasteiger partial charge in [0.05, 0.1) is 5.92 Å². The molecular formula is C17H19N5O3. The van der Waals surface area contributed by atoms with Gasteiger partial charge in [0.2, 0.25) is 11.7 Å². The molecule has 1 aromatic heterocycles. The minimum absolute atomic E-state index is 0.0508. The maximum absolute atomic E-state index is 12.4. The number of hydrogen-bond donors (Lipinski definition) is 1. The van der Waals surface area contributed by atoms with E-state index in [9.17, 15) is 9.59 Å². The van der Waals surface area contributed by atoms with Crippen LogP contribution in [0.2, 0.25) is 0 Å². The predicted molar refractivity (Wildman–Crippen MR) is 87.2 cm³/mol. The van der Waals surface area contributed by atoms with E-state index < -0.39 is 5.97 Å². The molecule has 1 saturated heterocycles. The number of benzene rings is 1. The molecule has 2 fully saturated rings. The average molecular weight is 341 g/mol. The highest BCUT2D eigenvalue weighted by Crippen LogP contribution is 2.59. The molecule has 1 saturated carbocycles. The van der Waals surface area contributed by atoms with Crippen molar-refractivity contribution in [1.29, 1.82) is 0 Å². The molecular weight excluding hydrogens is 322 g/mol. The van der Waals surface area contributed by atoms with Crippen LogP contribution in [0.1, 0.15) is 19.3 Å². The number of carboxylic acids is 1. The number of tetrazole rings is 1. The zero-order valence-electron chi connectivity index (χ0n) is 13.7. The quantitative estimate of drug-likeness (QED) is 0.892. The maximum Gasteiger partial charge on any atom is 0.307 e. The summed E-state index contributed by atoms with van der Waals surface area (Å²) in [7, 11) is 0. The van der Waals surface area contributed by atoms with E-state index in [1.54, 1.807) is 4.90 Å². The van der Waals surface area contributed by atoms with Crippen molar-refractivity contribution in [2.45, 2.75) is 25.8 Å². The molecule has 1 atom stereocenters. The summed E-state index contributed by atoms with van der Waals surface area (Å²) >= 11 is 0. The molecule has 1 spiro atoms. The van der Waals surface area contributed by atoms with E-state index in [4.69, 9.17) is 5.11 Å². The first-order chi connectivity index (χ1) is 12.1. The molecule has 2 aliphatic rings. The SMILES string of the molecule is O=C(O)C1CC12CCN(C(=O)Cn1nnc(-c3ccccc3)n1)CC2. The van der Waals surface area contributed by atoms with Crippen molar-refractivity contribution in [3.8, 4) is 11.4 Å². The van der Waals surface area contributed by atoms with E-state index in [1.165, 1.54) is 4.80 Å². The first-order valence-electron chi connectivity index (χ1n) is 8.41. The molecule has 2 heterocycles. The van der Waals surface area contributed by atoms with Gasteiger partial charge >= 0.3 is 5.97 Å². The number of rotatable bonds is 4. The van der Waals surface area contributed by atoms with E-state index in [-0.39, 0.29) is 23.8 Å². The number of piperidine rings is 1. The monoisotopic (exact) mass is 341 g/mol. The Morgan fingerprint density at radius 1 is 1.20 bits per heavy atom. The maximum atomic E-state index is 12.4. The largest absolute Gasteiger partial charge is 0.481 e. The molecule has 0 bridgehead atoms. The average Bonchev–Trinajstić information content (AvgIpc) is 3.12. The zero-order chi connectivity index (χ0) is 17.4. The van der Waals surface area contributed by atoms with Crippen molar-refractivity contribution in [2.75, 3.05) is 13.1 Å². The van der Waals surface area contributed by atoms with E-state index in [0.29, 0.717) is 18.9 Å². The van der Waals surface area contributed by atoms with Crippen LogP contribution >= 0.6 is 0 Å². The number of carboxylic acid groups (broad SMARTS) is 1. The minimum Gasteiger partial charge on any atom is -0.481 e. The van der Waals surface area contributed by atoms with Gasteiger partial charge < -0.3 is 10.0 Å². The van der Waals surface area contributed by atoms with Crippen LogP contribution in [-0.4, -0.2) is 55.2 Å². The molecule has 2 aromatic rings. The Morgan fingerprint density at radius 2 is 1.92 bits per heavy atom. The summed E-state index contributed by atoms with van der Waals surface area (Å²) in [5.74, 6) is -0.497. The van der Waals surface area contributed by atoms with Crippen molar-refractivity contribution < 1.29 is 14.7 Å². The third-order valence-corrected chi connectivity index (χ3v) is 5.36. The van der Waals surface area contributed by atoms with Crippen molar-refractivity contribution in [2.24, 2.45) is 11.3 Å². The van der Waals surface area contributed by atoms with Crippen molar-refractivity contribution in [1.82, 2.24) is 25.1 Å². The Hall–Kier alpha value is -2.77. The third-order valence-electron chi connectivity index (χ3n) is 5.36. The fourth-order valence-corrected chi connectivity index (χ4v) is 3.68. The number of hydrogen-bond acceptors (Lipinski definition) is 5. The lowest BCUT2D eigenvalue weighted by molar-refractivity contribution is -0.140. The Labute approximate surface area is 144 Å². The van der Waals surface area contributed by atoms with Crippen LogP contribution in [0.3, 0.4) is 0 Å². The lowest BCUT2D eigenvalue weighted by Gasteiger charge is -2.32. The van der Waals surface area contributed by atoms with E-state index in [2.05, 4.69) is 15.4 Å². The van der Waals surface area contributed by atoms with Crippen molar-refractivity contribution in [3.63, 3.8) is 0 Å². The molecule has 1 aliphatic heterocycles. The number of amides is 1. The molecule has 1 unspecified atom stereocenters. The van der Waals surface area contributed by atoms with Crippen LogP contribution in [0.15, 0.2) is 30.3 Å². The Balaban J connectivity index is 1.34. The van der Waals surface area contributed by atoms with Gasteiger partial charge in [-0.05, 0) is 29.9 Å². The Kier molecular flexibility index (Phi) is 3.74. The van der Waals surface area contributed by atoms with Crippen molar-refractivity contribution in [3.05, 3.63) is 30.3 Å². The van der Waals surface area contributed by atoms with Gasteiger partial charge in [-0.2, -0.15) is 4.80 Å². The summed E-state index contributed by atoms with van der Waals surface area (Å²) in [4.78, 5) is 26.6. The van der Waals surface area contributed by atoms with Gasteiger partial charge in [-0.3, -0.25) is 9.59 Å². The Morgan fingerprint density at radius 3 is 2.56 bits per heavy atom. The second-order valence-corrected chi connectivity index (χ2v) is 6.85. The molecule has 1 amide bonds. The Bertz CT molecular complexity index is 796. The molecule has 1 aliphatic carbocycles. The summed E-state index contributed by atoms with van der Waals surface area (Å²) in [6.07, 6.45) is 2.26. The molecule has 4 rings (SSSR count). The highest BCUT2D eigenvalue weighted by molar-refractivity contribution is 5.77. The van der Waals surface area contributed by atoms with Crippen molar-refractivity contribution >= 4 is 11.9 Å². The third kappa shape index (κ3) is 2.99. The van der Waals surface area contributed by atoms with Crippen LogP contribution in [0.25, 0.3) is 11.4 Å². The van der Waals surface area contributed by atoms with Crippen LogP contribution < -0.4 is 0 Å². The topological polar surface area (TPSA) is 101 Å². The number of aromatic nitrogens is 4. The smallest absolute Gasteiger partial charge is 0.307 e. The molecule has 8 nitrogen and oxygen atoms in total. The summed E-state index contributed by atoms with van der Waals surface area (Å²) < 4.78 is 0. The van der Waals surface area contributed by atoms with E-state index in [0.717, 1.165) is 24.8 Å². The van der Waals surface area contributed by atoms with Gasteiger partial charge in [0, 0.05) is 18.7 Å². The number of likely N-dealkylation sites (tertiary alicyclic amines) is 1. The fraction of sp³-hybridized carbons (Fsp3) is 0.471. The van der Waals surface area contributed by atoms with E-state index in [1.807, 2.05) is 30.3 Å². The lowest BCUT2D eigenvalue weighted by atomic mass is 9.91. The predicted octanol–water partition coefficient (Wildman–Crippen LogP) is 1.05. The van der Waals surface area contributed by atoms with Crippen LogP contribution in [0.4, 0.5) is 0 Å². The summed E-state index contributed by atoms with van der Waals surface area (Å²) in [6.45, 7) is 1.25. The molecule has 130 valence electrons. The van der Waals surface area contributed by atoms with Crippen LogP contribution in [0, 0.1) is 11.3 Å². The molecule has 1 aromatic carbocycles. The van der Waals surface area contributed by atoms with Gasteiger partial charge in [-0.1, -0.05) is 30.3 Å². The number of aliphatic carboxylic acids is 1.